The van der Waals surface area contributed by atoms with E-state index in [1.165, 1.54) is 77.0 Å². The lowest BCUT2D eigenvalue weighted by molar-refractivity contribution is -0.0530. The van der Waals surface area contributed by atoms with Gasteiger partial charge in [0.15, 0.2) is 5.67 Å². The first-order valence-corrected chi connectivity index (χ1v) is 13.0. The Hall–Kier alpha value is -1.66. The van der Waals surface area contributed by atoms with Crippen LogP contribution in [0.3, 0.4) is 0 Å². The third-order valence-electron chi connectivity index (χ3n) is 5.77. The molecule has 1 atom stereocenters. The van der Waals surface area contributed by atoms with Gasteiger partial charge in [0.1, 0.15) is 6.61 Å². The second-order valence-corrected chi connectivity index (χ2v) is 9.02. The zero-order chi connectivity index (χ0) is 24.0. The van der Waals surface area contributed by atoms with Crippen molar-refractivity contribution in [3.63, 3.8) is 0 Å². The monoisotopic (exact) mass is 467 g/mol. The van der Waals surface area contributed by atoms with E-state index in [1.807, 2.05) is 6.07 Å². The summed E-state index contributed by atoms with van der Waals surface area (Å²) in [5.41, 5.74) is -1.53. The topological polar surface area (TPSA) is 67.8 Å². The molecule has 0 aliphatic heterocycles. The average molecular weight is 468 g/mol. The number of hydrogen-bond acceptors (Lipinski definition) is 4. The van der Waals surface area contributed by atoms with Gasteiger partial charge in [-0.1, -0.05) is 109 Å². The molecule has 0 aromatic heterocycles. The smallest absolute Gasteiger partial charge is 0.411 e. The van der Waals surface area contributed by atoms with Gasteiger partial charge in [0.25, 0.3) is 0 Å². The summed E-state index contributed by atoms with van der Waals surface area (Å²) in [7, 11) is 0. The summed E-state index contributed by atoms with van der Waals surface area (Å²) >= 11 is 0. The van der Waals surface area contributed by atoms with Gasteiger partial charge in [0, 0.05) is 12.3 Å². The number of alkyl halides is 1. The van der Waals surface area contributed by atoms with Crippen LogP contribution >= 0.6 is 0 Å². The number of rotatable bonds is 21. The zero-order valence-corrected chi connectivity index (χ0v) is 20.7. The van der Waals surface area contributed by atoms with Gasteiger partial charge < -0.3 is 14.6 Å². The molecule has 0 saturated carbocycles. The van der Waals surface area contributed by atoms with E-state index in [9.17, 15) is 14.3 Å². The van der Waals surface area contributed by atoms with E-state index in [-0.39, 0.29) is 6.61 Å². The molecular formula is C27H46FNO4. The van der Waals surface area contributed by atoms with Crippen molar-refractivity contribution in [2.24, 2.45) is 0 Å². The number of aliphatic hydroxyl groups excluding tert-OH is 1. The Labute approximate surface area is 200 Å². The van der Waals surface area contributed by atoms with E-state index in [1.54, 1.807) is 24.3 Å². The minimum atomic E-state index is -2.09. The van der Waals surface area contributed by atoms with Gasteiger partial charge in [0.2, 0.25) is 0 Å². The molecule has 33 heavy (non-hydrogen) atoms. The van der Waals surface area contributed by atoms with Crippen molar-refractivity contribution < 1.29 is 23.8 Å². The highest BCUT2D eigenvalue weighted by Crippen LogP contribution is 2.15. The number of hydrogen-bond donors (Lipinski definition) is 2. The molecule has 1 rings (SSSR count). The van der Waals surface area contributed by atoms with E-state index in [0.29, 0.717) is 12.3 Å². The molecule has 0 bridgehead atoms. The normalized spacial score (nSPS) is 12.9. The number of amides is 1. The molecule has 1 unspecified atom stereocenters. The number of halogens is 1. The zero-order valence-electron chi connectivity index (χ0n) is 20.7. The van der Waals surface area contributed by atoms with Crippen molar-refractivity contribution in [2.45, 2.75) is 102 Å². The fourth-order valence-electron chi connectivity index (χ4n) is 3.66. The molecule has 6 heteroatoms. The van der Waals surface area contributed by atoms with Crippen molar-refractivity contribution in [1.29, 1.82) is 0 Å². The number of unbranched alkanes of at least 4 members (excludes halogenated alkanes) is 13. The second-order valence-electron chi connectivity index (χ2n) is 9.02. The van der Waals surface area contributed by atoms with Crippen LogP contribution in [0.25, 0.3) is 0 Å². The maximum absolute atomic E-state index is 14.6. The Bertz CT molecular complexity index is 587. The summed E-state index contributed by atoms with van der Waals surface area (Å²) in [6.45, 7) is 1.10. The molecule has 190 valence electrons. The molecular weight excluding hydrogens is 421 g/mol. The number of carbonyl (C=O) groups is 1. The fraction of sp³-hybridized carbons (Fsp3) is 0.741. The quantitative estimate of drug-likeness (QED) is 0.184. The highest BCUT2D eigenvalue weighted by molar-refractivity contribution is 5.84. The van der Waals surface area contributed by atoms with Crippen molar-refractivity contribution in [2.75, 3.05) is 31.7 Å². The van der Waals surface area contributed by atoms with Crippen molar-refractivity contribution in [3.8, 4) is 0 Å². The highest BCUT2D eigenvalue weighted by atomic mass is 19.1. The lowest BCUT2D eigenvalue weighted by Gasteiger charge is -2.22. The van der Waals surface area contributed by atoms with E-state index in [2.05, 4.69) is 12.2 Å². The van der Waals surface area contributed by atoms with Crippen LogP contribution in [-0.4, -0.2) is 43.3 Å². The predicted molar refractivity (Wildman–Crippen MR) is 133 cm³/mol. The Morgan fingerprint density at radius 1 is 0.848 bits per heavy atom. The minimum absolute atomic E-state index is 0.291. The van der Waals surface area contributed by atoms with E-state index in [4.69, 9.17) is 9.47 Å². The van der Waals surface area contributed by atoms with Crippen LogP contribution in [-0.2, 0) is 9.47 Å². The lowest BCUT2D eigenvalue weighted by atomic mass is 10.0. The van der Waals surface area contributed by atoms with Gasteiger partial charge in [-0.05, 0) is 18.6 Å². The highest BCUT2D eigenvalue weighted by Gasteiger charge is 2.31. The van der Waals surface area contributed by atoms with Crippen molar-refractivity contribution in [3.05, 3.63) is 30.3 Å². The first-order chi connectivity index (χ1) is 16.1. The number of aliphatic hydroxyl groups is 1. The lowest BCUT2D eigenvalue weighted by Crippen LogP contribution is -2.40. The number of ether oxygens (including phenoxy) is 2. The number of benzene rings is 1. The molecule has 0 radical (unpaired) electrons. The van der Waals surface area contributed by atoms with Gasteiger partial charge >= 0.3 is 6.09 Å². The van der Waals surface area contributed by atoms with Crippen LogP contribution in [0.1, 0.15) is 96.8 Å². The Morgan fingerprint density at radius 2 is 1.36 bits per heavy atom. The molecule has 1 amide bonds. The Kier molecular flexibility index (Phi) is 17.6. The van der Waals surface area contributed by atoms with Gasteiger partial charge in [-0.15, -0.1) is 0 Å². The number of nitrogens with one attached hydrogen (secondary N) is 1. The molecule has 0 fully saturated rings. The SMILES string of the molecule is CCCCCCCCCCCCCCCCOCC(F)(CO)COC(=O)Nc1ccccc1. The van der Waals surface area contributed by atoms with Crippen LogP contribution in [0.2, 0.25) is 0 Å². The summed E-state index contributed by atoms with van der Waals surface area (Å²) in [5, 5.41) is 11.9. The largest absolute Gasteiger partial charge is 0.446 e. The number of para-hydroxylation sites is 1. The van der Waals surface area contributed by atoms with Gasteiger partial charge in [-0.3, -0.25) is 5.32 Å². The first kappa shape index (κ1) is 29.4. The van der Waals surface area contributed by atoms with Crippen molar-refractivity contribution >= 4 is 11.8 Å². The van der Waals surface area contributed by atoms with Crippen LogP contribution in [0.15, 0.2) is 30.3 Å². The second kappa shape index (κ2) is 19.8. The minimum Gasteiger partial charge on any atom is -0.446 e. The molecule has 5 nitrogen and oxygen atoms in total. The maximum Gasteiger partial charge on any atom is 0.411 e. The van der Waals surface area contributed by atoms with Gasteiger partial charge in [-0.2, -0.15) is 0 Å². The molecule has 1 aromatic rings. The Balaban J connectivity index is 1.94. The van der Waals surface area contributed by atoms with E-state index in [0.717, 1.165) is 12.8 Å². The third-order valence-corrected chi connectivity index (χ3v) is 5.77. The van der Waals surface area contributed by atoms with Gasteiger partial charge in [0.05, 0.1) is 13.2 Å². The molecule has 0 saturated heterocycles. The summed E-state index contributed by atoms with van der Waals surface area (Å²) < 4.78 is 24.9. The molecule has 2 N–H and O–H groups in total. The summed E-state index contributed by atoms with van der Waals surface area (Å²) in [5.74, 6) is 0. The fourth-order valence-corrected chi connectivity index (χ4v) is 3.66. The molecule has 0 heterocycles. The van der Waals surface area contributed by atoms with Crippen molar-refractivity contribution in [1.82, 2.24) is 0 Å². The number of carbonyl (C=O) groups excluding carboxylic acids is 1. The molecule has 0 spiro atoms. The van der Waals surface area contributed by atoms with Crippen LogP contribution in [0.5, 0.6) is 0 Å². The van der Waals surface area contributed by atoms with Crippen LogP contribution in [0.4, 0.5) is 14.9 Å². The predicted octanol–water partition coefficient (Wildman–Crippen LogP) is 7.43. The molecule has 0 aliphatic rings. The van der Waals surface area contributed by atoms with Crippen LogP contribution in [0, 0.1) is 0 Å². The van der Waals surface area contributed by atoms with E-state index >= 15 is 0 Å². The average Bonchev–Trinajstić information content (AvgIpc) is 2.83. The standard InChI is InChI=1S/C27H46FNO4/c1-2-3-4-5-6-7-8-9-10-11-12-13-14-18-21-32-23-27(28,22-30)24-33-26(31)29-25-19-16-15-17-20-25/h15-17,19-20,30H,2-14,18,21-24H2,1H3,(H,29,31). The summed E-state index contributed by atoms with van der Waals surface area (Å²) in [6, 6.07) is 8.78. The van der Waals surface area contributed by atoms with Crippen LogP contribution < -0.4 is 5.32 Å². The van der Waals surface area contributed by atoms with Gasteiger partial charge in [-0.25, -0.2) is 9.18 Å². The molecule has 1 aromatic carbocycles. The summed E-state index contributed by atoms with van der Waals surface area (Å²) in [6.07, 6.45) is 17.2. The third kappa shape index (κ3) is 16.6. The molecule has 0 aliphatic carbocycles. The first-order valence-electron chi connectivity index (χ1n) is 13.0. The number of anilines is 1. The maximum atomic E-state index is 14.6. The Morgan fingerprint density at radius 3 is 1.88 bits per heavy atom. The summed E-state index contributed by atoms with van der Waals surface area (Å²) in [4.78, 5) is 11.8. The van der Waals surface area contributed by atoms with E-state index < -0.39 is 25.0 Å².